The number of hydrogen-bond donors (Lipinski definition) is 1. The summed E-state index contributed by atoms with van der Waals surface area (Å²) in [4.78, 5) is 4.91. The molecule has 0 radical (unpaired) electrons. The average molecular weight is 452 g/mol. The van der Waals surface area contributed by atoms with Crippen LogP contribution in [0.3, 0.4) is 0 Å². The molecule has 0 amide bonds. The smallest absolute Gasteiger partial charge is 0.243 e. The molecule has 0 aliphatic carbocycles. The Labute approximate surface area is 189 Å². The summed E-state index contributed by atoms with van der Waals surface area (Å²) < 4.78 is 28.4. The third kappa shape index (κ3) is 4.19. The van der Waals surface area contributed by atoms with Crippen molar-refractivity contribution in [3.8, 4) is 0 Å². The van der Waals surface area contributed by atoms with E-state index in [1.165, 1.54) is 5.56 Å². The van der Waals surface area contributed by atoms with Crippen LogP contribution in [-0.2, 0) is 16.6 Å². The molecule has 5 rings (SSSR count). The van der Waals surface area contributed by atoms with E-state index in [1.54, 1.807) is 10.4 Å². The SMILES string of the molecule is O=S(=O)(c1cccc2ccccc12)N1CCN([C@H]2CN(Cc3ccccc3)C[C@@H]2O)CC1. The Hall–Kier alpha value is -2.29. The Bertz CT molecular complexity index is 1170. The zero-order valence-corrected chi connectivity index (χ0v) is 18.9. The molecule has 2 atom stereocenters. The van der Waals surface area contributed by atoms with Gasteiger partial charge in [-0.1, -0.05) is 66.7 Å². The quantitative estimate of drug-likeness (QED) is 0.645. The van der Waals surface area contributed by atoms with Crippen LogP contribution in [-0.4, -0.2) is 79.0 Å². The predicted molar refractivity (Wildman–Crippen MR) is 126 cm³/mol. The van der Waals surface area contributed by atoms with Gasteiger partial charge in [0.1, 0.15) is 0 Å². The first kappa shape index (κ1) is 21.6. The van der Waals surface area contributed by atoms with Crippen molar-refractivity contribution in [2.24, 2.45) is 0 Å². The molecule has 2 fully saturated rings. The van der Waals surface area contributed by atoms with E-state index in [1.807, 2.05) is 54.6 Å². The van der Waals surface area contributed by atoms with E-state index in [0.29, 0.717) is 37.6 Å². The predicted octanol–water partition coefficient (Wildman–Crippen LogP) is 2.39. The van der Waals surface area contributed by atoms with E-state index in [0.717, 1.165) is 23.9 Å². The molecular formula is C25H29N3O3S. The molecule has 3 aromatic rings. The summed E-state index contributed by atoms with van der Waals surface area (Å²) >= 11 is 0. The van der Waals surface area contributed by atoms with E-state index in [2.05, 4.69) is 21.9 Å². The second-order valence-electron chi connectivity index (χ2n) is 8.73. The molecule has 0 spiro atoms. The van der Waals surface area contributed by atoms with Gasteiger partial charge in [-0.05, 0) is 17.0 Å². The number of likely N-dealkylation sites (tertiary alicyclic amines) is 1. The lowest BCUT2D eigenvalue weighted by Gasteiger charge is -2.38. The second-order valence-corrected chi connectivity index (χ2v) is 10.6. The van der Waals surface area contributed by atoms with Crippen molar-refractivity contribution in [1.29, 1.82) is 0 Å². The zero-order chi connectivity index (χ0) is 22.1. The highest BCUT2D eigenvalue weighted by atomic mass is 32.2. The summed E-state index contributed by atoms with van der Waals surface area (Å²) in [6, 6.07) is 23.4. The fourth-order valence-corrected chi connectivity index (χ4v) is 6.65. The molecule has 2 saturated heterocycles. The summed E-state index contributed by atoms with van der Waals surface area (Å²) in [6.45, 7) is 4.40. The standard InChI is InChI=1S/C25H29N3O3S/c29-24-19-26(17-20-7-2-1-3-8-20)18-23(24)27-13-15-28(16-14-27)32(30,31)25-12-6-10-21-9-4-5-11-22(21)25/h1-12,23-24,29H,13-19H2/t23-,24-/m0/s1. The number of hydrogen-bond acceptors (Lipinski definition) is 5. The average Bonchev–Trinajstić information content (AvgIpc) is 3.19. The molecule has 2 heterocycles. The summed E-state index contributed by atoms with van der Waals surface area (Å²) in [5.41, 5.74) is 1.24. The number of aliphatic hydroxyl groups is 1. The Morgan fingerprint density at radius 3 is 2.28 bits per heavy atom. The second kappa shape index (κ2) is 8.92. The van der Waals surface area contributed by atoms with Gasteiger partial charge in [0.05, 0.1) is 11.0 Å². The molecular weight excluding hydrogens is 422 g/mol. The first-order valence-corrected chi connectivity index (χ1v) is 12.6. The number of β-amino-alcohol motifs (C(OH)–C–C–N with tert-alkyl or cyclic N) is 1. The summed E-state index contributed by atoms with van der Waals surface area (Å²) in [5, 5.41) is 12.4. The summed E-state index contributed by atoms with van der Waals surface area (Å²) in [5.74, 6) is 0. The normalized spacial score (nSPS) is 23.7. The highest BCUT2D eigenvalue weighted by Crippen LogP contribution is 2.27. The lowest BCUT2D eigenvalue weighted by atomic mass is 10.1. The van der Waals surface area contributed by atoms with Gasteiger partial charge in [-0.3, -0.25) is 9.80 Å². The van der Waals surface area contributed by atoms with Gasteiger partial charge < -0.3 is 5.11 Å². The van der Waals surface area contributed by atoms with Crippen LogP contribution >= 0.6 is 0 Å². The van der Waals surface area contributed by atoms with E-state index < -0.39 is 16.1 Å². The number of aliphatic hydroxyl groups excluding tert-OH is 1. The molecule has 2 aliphatic heterocycles. The van der Waals surface area contributed by atoms with Crippen LogP contribution in [0.2, 0.25) is 0 Å². The minimum Gasteiger partial charge on any atom is -0.390 e. The zero-order valence-electron chi connectivity index (χ0n) is 18.0. The van der Waals surface area contributed by atoms with Gasteiger partial charge >= 0.3 is 0 Å². The molecule has 0 unspecified atom stereocenters. The monoisotopic (exact) mass is 451 g/mol. The number of fused-ring (bicyclic) bond motifs is 1. The highest BCUT2D eigenvalue weighted by molar-refractivity contribution is 7.89. The van der Waals surface area contributed by atoms with Crippen molar-refractivity contribution in [1.82, 2.24) is 14.1 Å². The maximum Gasteiger partial charge on any atom is 0.243 e. The molecule has 168 valence electrons. The van der Waals surface area contributed by atoms with Crippen molar-refractivity contribution in [2.75, 3.05) is 39.3 Å². The van der Waals surface area contributed by atoms with Crippen LogP contribution in [0.5, 0.6) is 0 Å². The van der Waals surface area contributed by atoms with Crippen LogP contribution in [0.15, 0.2) is 77.7 Å². The van der Waals surface area contributed by atoms with Gasteiger partial charge in [0.25, 0.3) is 0 Å². The Morgan fingerprint density at radius 2 is 1.50 bits per heavy atom. The Balaban J connectivity index is 1.25. The lowest BCUT2D eigenvalue weighted by molar-refractivity contribution is 0.0618. The molecule has 1 N–H and O–H groups in total. The van der Waals surface area contributed by atoms with Crippen molar-refractivity contribution in [3.63, 3.8) is 0 Å². The van der Waals surface area contributed by atoms with E-state index >= 15 is 0 Å². The topological polar surface area (TPSA) is 64.1 Å². The molecule has 3 aromatic carbocycles. The van der Waals surface area contributed by atoms with E-state index in [-0.39, 0.29) is 6.04 Å². The van der Waals surface area contributed by atoms with Crippen LogP contribution in [0, 0.1) is 0 Å². The van der Waals surface area contributed by atoms with Gasteiger partial charge in [0.15, 0.2) is 0 Å². The molecule has 2 aliphatic rings. The van der Waals surface area contributed by atoms with Gasteiger partial charge in [0.2, 0.25) is 10.0 Å². The molecule has 7 heteroatoms. The van der Waals surface area contributed by atoms with Gasteiger partial charge in [0, 0.05) is 57.2 Å². The van der Waals surface area contributed by atoms with Gasteiger partial charge in [-0.25, -0.2) is 8.42 Å². The Kier molecular flexibility index (Phi) is 6.01. The van der Waals surface area contributed by atoms with Crippen molar-refractivity contribution in [3.05, 3.63) is 78.4 Å². The molecule has 0 bridgehead atoms. The van der Waals surface area contributed by atoms with Crippen molar-refractivity contribution >= 4 is 20.8 Å². The van der Waals surface area contributed by atoms with E-state index in [9.17, 15) is 13.5 Å². The first-order chi connectivity index (χ1) is 15.5. The molecule has 0 saturated carbocycles. The van der Waals surface area contributed by atoms with Crippen LogP contribution in [0.1, 0.15) is 5.56 Å². The summed E-state index contributed by atoms with van der Waals surface area (Å²) in [6.07, 6.45) is -0.417. The third-order valence-corrected chi connectivity index (χ3v) is 8.65. The van der Waals surface area contributed by atoms with E-state index in [4.69, 9.17) is 0 Å². The summed E-state index contributed by atoms with van der Waals surface area (Å²) in [7, 11) is -3.57. The van der Waals surface area contributed by atoms with Crippen LogP contribution in [0.4, 0.5) is 0 Å². The van der Waals surface area contributed by atoms with Crippen molar-refractivity contribution < 1.29 is 13.5 Å². The van der Waals surface area contributed by atoms with Gasteiger partial charge in [-0.2, -0.15) is 4.31 Å². The van der Waals surface area contributed by atoms with Crippen LogP contribution < -0.4 is 0 Å². The largest absolute Gasteiger partial charge is 0.390 e. The molecule has 6 nitrogen and oxygen atoms in total. The third-order valence-electron chi connectivity index (χ3n) is 6.69. The fourth-order valence-electron chi connectivity index (χ4n) is 5.01. The number of rotatable bonds is 5. The molecule has 0 aromatic heterocycles. The highest BCUT2D eigenvalue weighted by Gasteiger charge is 2.38. The minimum atomic E-state index is -3.57. The first-order valence-electron chi connectivity index (χ1n) is 11.2. The lowest BCUT2D eigenvalue weighted by Crippen LogP contribution is -2.54. The number of piperazine rings is 1. The minimum absolute atomic E-state index is 0.0427. The fraction of sp³-hybridized carbons (Fsp3) is 0.360. The van der Waals surface area contributed by atoms with Gasteiger partial charge in [-0.15, -0.1) is 0 Å². The van der Waals surface area contributed by atoms with Crippen LogP contribution in [0.25, 0.3) is 10.8 Å². The number of benzene rings is 3. The molecule has 32 heavy (non-hydrogen) atoms. The maximum absolute atomic E-state index is 13.4. The maximum atomic E-state index is 13.4. The number of nitrogens with zero attached hydrogens (tertiary/aromatic N) is 3. The number of sulfonamides is 1. The van der Waals surface area contributed by atoms with Crippen molar-refractivity contribution in [2.45, 2.75) is 23.6 Å². The Morgan fingerprint density at radius 1 is 0.812 bits per heavy atom.